The molecule has 3 saturated carbocycles. The Labute approximate surface area is 308 Å². The lowest BCUT2D eigenvalue weighted by Gasteiger charge is -2.58. The van der Waals surface area contributed by atoms with E-state index in [-0.39, 0.29) is 60.8 Å². The number of rotatable bonds is 18. The van der Waals surface area contributed by atoms with Crippen molar-refractivity contribution in [2.45, 2.75) is 162 Å². The van der Waals surface area contributed by atoms with Crippen LogP contribution in [0.1, 0.15) is 150 Å². The van der Waals surface area contributed by atoms with Gasteiger partial charge >= 0.3 is 5.97 Å². The first kappa shape index (κ1) is 45.0. The van der Waals surface area contributed by atoms with Crippen molar-refractivity contribution in [1.82, 2.24) is 5.32 Å². The minimum Gasteiger partial charge on any atom is -0.461 e. The molecule has 0 radical (unpaired) electrons. The van der Waals surface area contributed by atoms with Crippen LogP contribution in [0.4, 0.5) is 0 Å². The third-order valence-corrected chi connectivity index (χ3v) is 13.3. The number of ether oxygens (including phenoxy) is 1. The number of esters is 1. The Morgan fingerprint density at radius 1 is 0.851 bits per heavy atom. The zero-order valence-electron chi connectivity index (χ0n) is 30.7. The van der Waals surface area contributed by atoms with Gasteiger partial charge in [-0.2, -0.15) is 0 Å². The third kappa shape index (κ3) is 11.2. The van der Waals surface area contributed by atoms with Crippen molar-refractivity contribution in [3.05, 3.63) is 11.6 Å². The van der Waals surface area contributed by atoms with Gasteiger partial charge in [0.2, 0.25) is 0 Å². The molecular weight excluding hydrogens is 649 g/mol. The summed E-state index contributed by atoms with van der Waals surface area (Å²) in [6, 6.07) is -0.215. The number of hydrogen-bond acceptors (Lipinski definition) is 5. The molecule has 0 aromatic carbocycles. The Morgan fingerprint density at radius 2 is 1.55 bits per heavy atom. The van der Waals surface area contributed by atoms with Crippen LogP contribution >= 0.6 is 37.2 Å². The van der Waals surface area contributed by atoms with Crippen molar-refractivity contribution >= 4 is 43.2 Å². The summed E-state index contributed by atoms with van der Waals surface area (Å²) < 4.78 is 6.29. The van der Waals surface area contributed by atoms with Crippen molar-refractivity contribution in [3.63, 3.8) is 0 Å². The molecule has 0 heterocycles. The first-order valence-electron chi connectivity index (χ1n) is 19.2. The average molecular weight is 723 g/mol. The quantitative estimate of drug-likeness (QED) is 0.0745. The molecule has 5 nitrogen and oxygen atoms in total. The topological polar surface area (TPSA) is 90.4 Å². The van der Waals surface area contributed by atoms with Gasteiger partial charge in [0.15, 0.2) is 0 Å². The van der Waals surface area contributed by atoms with Gasteiger partial charge in [-0.3, -0.25) is 4.79 Å². The Morgan fingerprint density at radius 3 is 2.26 bits per heavy atom. The fourth-order valence-corrected chi connectivity index (χ4v) is 10.7. The van der Waals surface area contributed by atoms with Crippen molar-refractivity contribution in [2.75, 3.05) is 19.6 Å². The molecule has 0 aromatic heterocycles. The molecule has 47 heavy (non-hydrogen) atoms. The second-order valence-electron chi connectivity index (χ2n) is 16.6. The monoisotopic (exact) mass is 721 g/mol. The summed E-state index contributed by atoms with van der Waals surface area (Å²) in [5, 5.41) is 3.54. The Hall–Kier alpha value is -0.0400. The van der Waals surface area contributed by atoms with Crippen LogP contribution in [-0.4, -0.2) is 37.7 Å². The SMILES string of the molecule is CC(C)CCC[C@@H](C)[C@H]1CC[C@H]2[C@@H]3CC=C4C[C@@H](OC(=O)[C@H](CCCCN)NCCCCCCN)CC[C@]4(C)[C@H]3CC[C@]12C.Cl.Cl.Cl. The van der Waals surface area contributed by atoms with E-state index in [9.17, 15) is 4.79 Å². The maximum atomic E-state index is 13.4. The second-order valence-corrected chi connectivity index (χ2v) is 16.6. The van der Waals surface area contributed by atoms with Crippen LogP contribution < -0.4 is 16.8 Å². The number of nitrogens with two attached hydrogens (primary N) is 2. The number of carbonyl (C=O) groups is 1. The Kier molecular flexibility index (Phi) is 20.4. The van der Waals surface area contributed by atoms with E-state index in [2.05, 4.69) is 46.0 Å². The van der Waals surface area contributed by atoms with Crippen LogP contribution in [0.15, 0.2) is 11.6 Å². The van der Waals surface area contributed by atoms with E-state index >= 15 is 0 Å². The molecule has 3 fully saturated rings. The maximum Gasteiger partial charge on any atom is 0.323 e. The number of halogens is 3. The van der Waals surface area contributed by atoms with Crippen LogP contribution in [0.5, 0.6) is 0 Å². The average Bonchev–Trinajstić information content (AvgIpc) is 3.35. The van der Waals surface area contributed by atoms with E-state index in [1.807, 2.05) is 0 Å². The molecule has 4 rings (SSSR count). The molecule has 8 heteroatoms. The van der Waals surface area contributed by atoms with Gasteiger partial charge in [0.1, 0.15) is 12.1 Å². The summed E-state index contributed by atoms with van der Waals surface area (Å²) in [6.45, 7) is 14.9. The fourth-order valence-electron chi connectivity index (χ4n) is 10.7. The molecule has 0 spiro atoms. The summed E-state index contributed by atoms with van der Waals surface area (Å²) in [4.78, 5) is 13.4. The minimum absolute atomic E-state index is 0. The summed E-state index contributed by atoms with van der Waals surface area (Å²) in [5.41, 5.74) is 13.8. The lowest BCUT2D eigenvalue weighted by Crippen LogP contribution is -2.51. The Balaban J connectivity index is 0.00000368. The second kappa shape index (κ2) is 21.4. The molecule has 4 aliphatic rings. The van der Waals surface area contributed by atoms with Crippen LogP contribution in [0.3, 0.4) is 0 Å². The molecule has 0 aliphatic heterocycles. The molecule has 0 saturated heterocycles. The Bertz CT molecular complexity index is 935. The van der Waals surface area contributed by atoms with Crippen LogP contribution in [0, 0.1) is 46.3 Å². The fraction of sp³-hybridized carbons (Fsp3) is 0.923. The smallest absolute Gasteiger partial charge is 0.323 e. The van der Waals surface area contributed by atoms with E-state index in [1.54, 1.807) is 5.57 Å². The maximum absolute atomic E-state index is 13.4. The normalized spacial score (nSPS) is 32.3. The van der Waals surface area contributed by atoms with E-state index in [0.717, 1.165) is 106 Å². The number of carbonyl (C=O) groups excluding carboxylic acids is 1. The minimum atomic E-state index is -0.215. The molecule has 0 bridgehead atoms. The standard InChI is InChI=1S/C39H71N3O2.3ClH/c1-28(2)13-12-14-29(3)33-18-19-34-32-17-16-30-27-31(20-22-38(30,4)35(32)21-23-39(33,34)5)44-37(43)36(15-8-10-25-41)42-26-11-7-6-9-24-40;;;/h16,28-29,31-36,42H,6-15,17-27,40-41H2,1-5H3;3*1H/t29-,31+,32+,33-,34+,35+,36+,38+,39-;;;/m1.../s1. The van der Waals surface area contributed by atoms with Gasteiger partial charge < -0.3 is 21.5 Å². The number of allylic oxidation sites excluding steroid dienone is 1. The first-order chi connectivity index (χ1) is 21.1. The van der Waals surface area contributed by atoms with Crippen molar-refractivity contribution in [3.8, 4) is 0 Å². The highest BCUT2D eigenvalue weighted by Crippen LogP contribution is 2.67. The zero-order chi connectivity index (χ0) is 31.7. The van der Waals surface area contributed by atoms with E-state index in [4.69, 9.17) is 16.2 Å². The highest BCUT2D eigenvalue weighted by molar-refractivity contribution is 5.86. The van der Waals surface area contributed by atoms with Gasteiger partial charge in [0.25, 0.3) is 0 Å². The van der Waals surface area contributed by atoms with Gasteiger partial charge in [-0.25, -0.2) is 0 Å². The molecular formula is C39H74Cl3N3O2. The van der Waals surface area contributed by atoms with Crippen LogP contribution in [-0.2, 0) is 9.53 Å². The van der Waals surface area contributed by atoms with Gasteiger partial charge in [0.05, 0.1) is 0 Å². The van der Waals surface area contributed by atoms with Crippen molar-refractivity contribution < 1.29 is 9.53 Å². The van der Waals surface area contributed by atoms with Gasteiger partial charge in [-0.05, 0) is 137 Å². The molecule has 278 valence electrons. The highest BCUT2D eigenvalue weighted by Gasteiger charge is 2.59. The number of hydrogen-bond donors (Lipinski definition) is 3. The zero-order valence-corrected chi connectivity index (χ0v) is 33.2. The lowest BCUT2D eigenvalue weighted by molar-refractivity contribution is -0.154. The van der Waals surface area contributed by atoms with Gasteiger partial charge in [-0.15, -0.1) is 37.2 Å². The van der Waals surface area contributed by atoms with Crippen molar-refractivity contribution in [1.29, 1.82) is 0 Å². The molecule has 0 unspecified atom stereocenters. The molecule has 4 aliphatic carbocycles. The summed E-state index contributed by atoms with van der Waals surface area (Å²) in [6.07, 6.45) is 24.1. The predicted octanol–water partition coefficient (Wildman–Crippen LogP) is 9.81. The summed E-state index contributed by atoms with van der Waals surface area (Å²) in [7, 11) is 0. The van der Waals surface area contributed by atoms with Gasteiger partial charge in [-0.1, -0.05) is 84.8 Å². The highest BCUT2D eigenvalue weighted by atomic mass is 35.5. The molecule has 9 atom stereocenters. The first-order valence-corrected chi connectivity index (χ1v) is 19.2. The van der Waals surface area contributed by atoms with Gasteiger partial charge in [0, 0.05) is 6.42 Å². The lowest BCUT2D eigenvalue weighted by atomic mass is 9.47. The summed E-state index contributed by atoms with van der Waals surface area (Å²) in [5.74, 6) is 5.09. The van der Waals surface area contributed by atoms with Crippen LogP contribution in [0.2, 0.25) is 0 Å². The van der Waals surface area contributed by atoms with Crippen molar-refractivity contribution in [2.24, 2.45) is 57.8 Å². The number of fused-ring (bicyclic) bond motifs is 5. The number of unbranched alkanes of at least 4 members (excludes halogenated alkanes) is 4. The van der Waals surface area contributed by atoms with E-state index in [0.29, 0.717) is 12.0 Å². The predicted molar refractivity (Wildman–Crippen MR) is 207 cm³/mol. The molecule has 5 N–H and O–H groups in total. The number of nitrogens with one attached hydrogen (secondary N) is 1. The molecule has 0 amide bonds. The van der Waals surface area contributed by atoms with E-state index < -0.39 is 0 Å². The van der Waals surface area contributed by atoms with Crippen LogP contribution in [0.25, 0.3) is 0 Å². The van der Waals surface area contributed by atoms with E-state index in [1.165, 1.54) is 57.8 Å². The largest absolute Gasteiger partial charge is 0.461 e. The summed E-state index contributed by atoms with van der Waals surface area (Å²) >= 11 is 0. The molecule has 0 aromatic rings. The third-order valence-electron chi connectivity index (χ3n) is 13.3.